The summed E-state index contributed by atoms with van der Waals surface area (Å²) in [5.41, 5.74) is 0.471. The average molecular weight is 289 g/mol. The quantitative estimate of drug-likeness (QED) is 0.855. The van der Waals surface area contributed by atoms with E-state index in [-0.39, 0.29) is 5.82 Å². The molecule has 2 rings (SSSR count). The van der Waals surface area contributed by atoms with Crippen LogP contribution in [0.3, 0.4) is 0 Å². The number of amidine groups is 1. The molecule has 0 radical (unpaired) electrons. The molecule has 5 heteroatoms. The van der Waals surface area contributed by atoms with Gasteiger partial charge < -0.3 is 5.32 Å². The normalized spacial score (nSPS) is 20.2. The van der Waals surface area contributed by atoms with Crippen LogP contribution in [-0.4, -0.2) is 17.0 Å². The van der Waals surface area contributed by atoms with E-state index < -0.39 is 0 Å². The Labute approximate surface area is 100 Å². The standard InChI is InChI=1S/C10H10BrFN2S/c1-6-5-13-10(15-6)14-9-3-2-7(11)4-8(9)12/h2-4,6H,5H2,1H3,(H,13,14). The SMILES string of the molecule is CC1CN=C(Nc2ccc(Br)cc2F)S1. The van der Waals surface area contributed by atoms with Crippen LogP contribution in [0.15, 0.2) is 27.7 Å². The van der Waals surface area contributed by atoms with Gasteiger partial charge in [0.15, 0.2) is 5.17 Å². The van der Waals surface area contributed by atoms with Crippen molar-refractivity contribution in [1.29, 1.82) is 0 Å². The Balaban J connectivity index is 2.11. The average Bonchev–Trinajstić information content (AvgIpc) is 2.56. The van der Waals surface area contributed by atoms with Crippen molar-refractivity contribution >= 4 is 38.5 Å². The maximum atomic E-state index is 13.4. The molecule has 0 fully saturated rings. The molecule has 0 saturated heterocycles. The Morgan fingerprint density at radius 3 is 3.00 bits per heavy atom. The molecular weight excluding hydrogens is 279 g/mol. The molecule has 0 bridgehead atoms. The molecule has 1 aliphatic heterocycles. The molecule has 0 aromatic heterocycles. The summed E-state index contributed by atoms with van der Waals surface area (Å²) in [7, 11) is 0. The van der Waals surface area contributed by atoms with Crippen LogP contribution in [0.2, 0.25) is 0 Å². The van der Waals surface area contributed by atoms with E-state index in [0.717, 1.165) is 16.2 Å². The highest BCUT2D eigenvalue weighted by atomic mass is 79.9. The molecule has 1 unspecified atom stereocenters. The second-order valence-corrected chi connectivity index (χ2v) is 5.67. The smallest absolute Gasteiger partial charge is 0.161 e. The highest BCUT2D eigenvalue weighted by molar-refractivity contribution is 9.10. The Hall–Kier alpha value is -0.550. The van der Waals surface area contributed by atoms with Gasteiger partial charge in [0, 0.05) is 9.72 Å². The van der Waals surface area contributed by atoms with Crippen LogP contribution in [0, 0.1) is 5.82 Å². The van der Waals surface area contributed by atoms with E-state index in [1.54, 1.807) is 23.9 Å². The van der Waals surface area contributed by atoms with Crippen LogP contribution in [0.5, 0.6) is 0 Å². The maximum absolute atomic E-state index is 13.4. The number of hydrogen-bond donors (Lipinski definition) is 1. The van der Waals surface area contributed by atoms with Crippen molar-refractivity contribution in [3.05, 3.63) is 28.5 Å². The number of rotatable bonds is 1. The maximum Gasteiger partial charge on any atom is 0.161 e. The summed E-state index contributed by atoms with van der Waals surface area (Å²) in [5, 5.41) is 4.26. The third kappa shape index (κ3) is 2.72. The predicted molar refractivity (Wildman–Crippen MR) is 67.1 cm³/mol. The summed E-state index contributed by atoms with van der Waals surface area (Å²) in [4.78, 5) is 4.27. The van der Waals surface area contributed by atoms with Crippen molar-refractivity contribution in [1.82, 2.24) is 0 Å². The third-order valence-corrected chi connectivity index (χ3v) is 3.48. The Kier molecular flexibility index (Phi) is 3.31. The minimum atomic E-state index is -0.271. The van der Waals surface area contributed by atoms with Gasteiger partial charge in [0.25, 0.3) is 0 Å². The molecule has 80 valence electrons. The van der Waals surface area contributed by atoms with Gasteiger partial charge in [-0.2, -0.15) is 0 Å². The lowest BCUT2D eigenvalue weighted by Crippen LogP contribution is -2.07. The number of hydrogen-bond acceptors (Lipinski definition) is 3. The van der Waals surface area contributed by atoms with E-state index in [1.807, 2.05) is 0 Å². The molecule has 1 aromatic rings. The number of benzene rings is 1. The number of halogens is 2. The largest absolute Gasteiger partial charge is 0.333 e. The van der Waals surface area contributed by atoms with E-state index >= 15 is 0 Å². The van der Waals surface area contributed by atoms with Crippen molar-refractivity contribution < 1.29 is 4.39 Å². The summed E-state index contributed by atoms with van der Waals surface area (Å²) >= 11 is 4.85. The van der Waals surface area contributed by atoms with Gasteiger partial charge in [-0.05, 0) is 18.2 Å². The van der Waals surface area contributed by atoms with E-state index in [0.29, 0.717) is 10.9 Å². The van der Waals surface area contributed by atoms with Crippen LogP contribution in [0.1, 0.15) is 6.92 Å². The minimum Gasteiger partial charge on any atom is -0.333 e. The van der Waals surface area contributed by atoms with Crippen molar-refractivity contribution in [2.45, 2.75) is 12.2 Å². The molecule has 1 aromatic carbocycles. The zero-order valence-corrected chi connectivity index (χ0v) is 10.5. The fourth-order valence-corrected chi connectivity index (χ4v) is 2.43. The van der Waals surface area contributed by atoms with Crippen molar-refractivity contribution in [3.8, 4) is 0 Å². The fraction of sp³-hybridized carbons (Fsp3) is 0.300. The van der Waals surface area contributed by atoms with Crippen molar-refractivity contribution in [3.63, 3.8) is 0 Å². The molecule has 0 spiro atoms. The number of nitrogens with zero attached hydrogens (tertiary/aromatic N) is 1. The number of thioether (sulfide) groups is 1. The molecule has 1 heterocycles. The Bertz CT molecular complexity index is 408. The van der Waals surface area contributed by atoms with Crippen molar-refractivity contribution in [2.75, 3.05) is 11.9 Å². The molecule has 15 heavy (non-hydrogen) atoms. The number of anilines is 1. The molecule has 0 aliphatic carbocycles. The van der Waals surface area contributed by atoms with Gasteiger partial charge in [-0.15, -0.1) is 0 Å². The number of aliphatic imine (C=N–C) groups is 1. The molecule has 2 nitrogen and oxygen atoms in total. The molecule has 1 N–H and O–H groups in total. The van der Waals surface area contributed by atoms with Gasteiger partial charge in [-0.1, -0.05) is 34.6 Å². The second-order valence-electron chi connectivity index (χ2n) is 3.32. The van der Waals surface area contributed by atoms with Crippen LogP contribution in [0.4, 0.5) is 10.1 Å². The topological polar surface area (TPSA) is 24.4 Å². The predicted octanol–water partition coefficient (Wildman–Crippen LogP) is 3.49. The van der Waals surface area contributed by atoms with Gasteiger partial charge >= 0.3 is 0 Å². The monoisotopic (exact) mass is 288 g/mol. The van der Waals surface area contributed by atoms with Crippen LogP contribution < -0.4 is 5.32 Å². The summed E-state index contributed by atoms with van der Waals surface area (Å²) in [6.07, 6.45) is 0. The Morgan fingerprint density at radius 1 is 1.60 bits per heavy atom. The zero-order chi connectivity index (χ0) is 10.8. The first-order chi connectivity index (χ1) is 7.15. The van der Waals surface area contributed by atoms with Crippen LogP contribution in [0.25, 0.3) is 0 Å². The Morgan fingerprint density at radius 2 is 2.40 bits per heavy atom. The first-order valence-electron chi connectivity index (χ1n) is 4.58. The summed E-state index contributed by atoms with van der Waals surface area (Å²) < 4.78 is 14.2. The zero-order valence-electron chi connectivity index (χ0n) is 8.13. The lowest BCUT2D eigenvalue weighted by atomic mass is 10.3. The summed E-state index contributed by atoms with van der Waals surface area (Å²) in [6.45, 7) is 2.89. The van der Waals surface area contributed by atoms with Crippen LogP contribution in [-0.2, 0) is 0 Å². The van der Waals surface area contributed by atoms with Gasteiger partial charge in [0.2, 0.25) is 0 Å². The van der Waals surface area contributed by atoms with Crippen molar-refractivity contribution in [2.24, 2.45) is 4.99 Å². The molecule has 1 atom stereocenters. The third-order valence-electron chi connectivity index (χ3n) is 1.98. The molecular formula is C10H10BrFN2S. The number of nitrogens with one attached hydrogen (secondary N) is 1. The van der Waals surface area contributed by atoms with E-state index in [4.69, 9.17) is 0 Å². The minimum absolute atomic E-state index is 0.271. The summed E-state index contributed by atoms with van der Waals surface area (Å²) in [6, 6.07) is 4.94. The highest BCUT2D eigenvalue weighted by Gasteiger charge is 2.15. The molecule has 1 aliphatic rings. The first kappa shape index (κ1) is 11.0. The fourth-order valence-electron chi connectivity index (χ4n) is 1.25. The molecule has 0 amide bonds. The van der Waals surface area contributed by atoms with Crippen LogP contribution >= 0.6 is 27.7 Å². The molecule has 0 saturated carbocycles. The summed E-state index contributed by atoms with van der Waals surface area (Å²) in [5.74, 6) is -0.271. The van der Waals surface area contributed by atoms with Gasteiger partial charge in [-0.25, -0.2) is 4.39 Å². The van der Waals surface area contributed by atoms with Gasteiger partial charge in [-0.3, -0.25) is 4.99 Å². The highest BCUT2D eigenvalue weighted by Crippen LogP contribution is 2.24. The van der Waals surface area contributed by atoms with Gasteiger partial charge in [0.1, 0.15) is 5.82 Å². The van der Waals surface area contributed by atoms with E-state index in [9.17, 15) is 4.39 Å². The lowest BCUT2D eigenvalue weighted by molar-refractivity contribution is 0.631. The second kappa shape index (κ2) is 4.53. The lowest BCUT2D eigenvalue weighted by Gasteiger charge is -2.07. The van der Waals surface area contributed by atoms with E-state index in [1.165, 1.54) is 6.07 Å². The van der Waals surface area contributed by atoms with E-state index in [2.05, 4.69) is 33.2 Å². The van der Waals surface area contributed by atoms with Gasteiger partial charge in [0.05, 0.1) is 12.2 Å². The first-order valence-corrected chi connectivity index (χ1v) is 6.25.